The second-order valence-electron chi connectivity index (χ2n) is 7.80. The van der Waals surface area contributed by atoms with Crippen LogP contribution in [0.2, 0.25) is 0 Å². The first kappa shape index (κ1) is 21.1. The number of amides is 1. The lowest BCUT2D eigenvalue weighted by Crippen LogP contribution is -2.38. The van der Waals surface area contributed by atoms with Crippen molar-refractivity contribution < 1.29 is 18.7 Å². The molecule has 0 saturated carbocycles. The molecular formula is C24H26N2O5. The molecule has 162 valence electrons. The average molecular weight is 422 g/mol. The largest absolute Gasteiger partial charge is 0.497 e. The molecule has 1 atom stereocenters. The number of pyridine rings is 1. The van der Waals surface area contributed by atoms with Gasteiger partial charge in [0.05, 0.1) is 25.2 Å². The van der Waals surface area contributed by atoms with Gasteiger partial charge >= 0.3 is 5.63 Å². The minimum atomic E-state index is -0.493. The van der Waals surface area contributed by atoms with E-state index in [1.54, 1.807) is 30.5 Å². The van der Waals surface area contributed by atoms with Crippen LogP contribution in [-0.4, -0.2) is 42.2 Å². The highest BCUT2D eigenvalue weighted by molar-refractivity contribution is 5.85. The number of benzene rings is 1. The number of rotatable bonds is 7. The van der Waals surface area contributed by atoms with E-state index in [1.165, 1.54) is 0 Å². The lowest BCUT2D eigenvalue weighted by Gasteiger charge is -2.26. The van der Waals surface area contributed by atoms with E-state index < -0.39 is 5.63 Å². The number of hydrogen-bond acceptors (Lipinski definition) is 6. The summed E-state index contributed by atoms with van der Waals surface area (Å²) in [5.74, 6) is 0.481. The predicted octanol–water partition coefficient (Wildman–Crippen LogP) is 3.26. The maximum Gasteiger partial charge on any atom is 0.340 e. The van der Waals surface area contributed by atoms with Crippen molar-refractivity contribution in [2.24, 2.45) is 0 Å². The van der Waals surface area contributed by atoms with Gasteiger partial charge < -0.3 is 18.8 Å². The van der Waals surface area contributed by atoms with Crippen LogP contribution in [0.4, 0.5) is 0 Å². The van der Waals surface area contributed by atoms with Gasteiger partial charge in [-0.25, -0.2) is 4.79 Å². The second-order valence-corrected chi connectivity index (χ2v) is 7.80. The van der Waals surface area contributed by atoms with Crippen LogP contribution in [0.5, 0.6) is 5.75 Å². The normalized spacial score (nSPS) is 15.9. The molecule has 1 fully saturated rings. The van der Waals surface area contributed by atoms with E-state index in [4.69, 9.17) is 13.9 Å². The Morgan fingerprint density at radius 1 is 1.26 bits per heavy atom. The Hall–Kier alpha value is -3.19. The molecule has 2 aromatic heterocycles. The molecule has 7 nitrogen and oxygen atoms in total. The van der Waals surface area contributed by atoms with E-state index >= 15 is 0 Å². The van der Waals surface area contributed by atoms with E-state index in [-0.39, 0.29) is 18.4 Å². The molecule has 1 aliphatic rings. The SMILES string of the molecule is COc1ccc2c(C)c(CC(=O)N(Cc3ccncc3)CC3CCCO3)c(=O)oc2c1. The summed E-state index contributed by atoms with van der Waals surface area (Å²) in [6.07, 6.45) is 5.35. The summed E-state index contributed by atoms with van der Waals surface area (Å²) in [6.45, 7) is 3.51. The number of aromatic nitrogens is 1. The summed E-state index contributed by atoms with van der Waals surface area (Å²) in [7, 11) is 1.56. The second kappa shape index (κ2) is 9.31. The molecule has 31 heavy (non-hydrogen) atoms. The van der Waals surface area contributed by atoms with Gasteiger partial charge in [-0.05, 0) is 55.2 Å². The fourth-order valence-electron chi connectivity index (χ4n) is 3.97. The zero-order valence-corrected chi connectivity index (χ0v) is 17.8. The Morgan fingerprint density at radius 2 is 2.06 bits per heavy atom. The third-order valence-electron chi connectivity index (χ3n) is 5.75. The van der Waals surface area contributed by atoms with E-state index in [0.29, 0.717) is 30.0 Å². The Morgan fingerprint density at radius 3 is 2.77 bits per heavy atom. The topological polar surface area (TPSA) is 81.9 Å². The summed E-state index contributed by atoms with van der Waals surface area (Å²) in [4.78, 5) is 31.8. The number of ether oxygens (including phenoxy) is 2. The number of hydrogen-bond donors (Lipinski definition) is 0. The minimum absolute atomic E-state index is 0.0199. The summed E-state index contributed by atoms with van der Waals surface area (Å²) >= 11 is 0. The number of nitrogens with zero attached hydrogens (tertiary/aromatic N) is 2. The Kier molecular flexibility index (Phi) is 6.32. The Balaban J connectivity index is 1.61. The molecule has 7 heteroatoms. The fraction of sp³-hybridized carbons (Fsp3) is 0.375. The molecule has 1 aromatic carbocycles. The third kappa shape index (κ3) is 4.77. The molecule has 3 aromatic rings. The molecule has 1 unspecified atom stereocenters. The van der Waals surface area contributed by atoms with Crippen LogP contribution >= 0.6 is 0 Å². The van der Waals surface area contributed by atoms with E-state index in [0.717, 1.165) is 36.0 Å². The lowest BCUT2D eigenvalue weighted by molar-refractivity contribution is -0.132. The Labute approximate surface area is 180 Å². The first-order valence-electron chi connectivity index (χ1n) is 10.4. The highest BCUT2D eigenvalue weighted by Gasteiger charge is 2.25. The third-order valence-corrected chi connectivity index (χ3v) is 5.75. The van der Waals surface area contributed by atoms with E-state index in [9.17, 15) is 9.59 Å². The lowest BCUT2D eigenvalue weighted by atomic mass is 10.0. The summed E-state index contributed by atoms with van der Waals surface area (Å²) in [5.41, 5.74) is 2.08. The van der Waals surface area contributed by atoms with Crippen molar-refractivity contribution in [2.45, 2.75) is 38.8 Å². The van der Waals surface area contributed by atoms with Crippen molar-refractivity contribution in [1.29, 1.82) is 0 Å². The average Bonchev–Trinajstić information content (AvgIpc) is 3.29. The van der Waals surface area contributed by atoms with Crippen LogP contribution in [0.3, 0.4) is 0 Å². The van der Waals surface area contributed by atoms with Crippen molar-refractivity contribution in [2.75, 3.05) is 20.3 Å². The van der Waals surface area contributed by atoms with Gasteiger partial charge in [-0.2, -0.15) is 0 Å². The maximum atomic E-state index is 13.3. The van der Waals surface area contributed by atoms with Crippen LogP contribution < -0.4 is 10.4 Å². The van der Waals surface area contributed by atoms with Gasteiger partial charge in [-0.15, -0.1) is 0 Å². The zero-order valence-electron chi connectivity index (χ0n) is 17.8. The minimum Gasteiger partial charge on any atom is -0.497 e. The summed E-state index contributed by atoms with van der Waals surface area (Å²) in [6, 6.07) is 9.12. The van der Waals surface area contributed by atoms with Crippen molar-refractivity contribution in [3.8, 4) is 5.75 Å². The maximum absolute atomic E-state index is 13.3. The van der Waals surface area contributed by atoms with Crippen molar-refractivity contribution in [3.05, 3.63) is 69.8 Å². The smallest absolute Gasteiger partial charge is 0.340 e. The first-order chi connectivity index (χ1) is 15.0. The molecule has 1 saturated heterocycles. The number of aryl methyl sites for hydroxylation is 1. The molecule has 1 aliphatic heterocycles. The number of fused-ring (bicyclic) bond motifs is 1. The van der Waals surface area contributed by atoms with Gasteiger partial charge in [-0.3, -0.25) is 9.78 Å². The van der Waals surface area contributed by atoms with Crippen LogP contribution in [0.1, 0.15) is 29.5 Å². The molecule has 1 amide bonds. The fourth-order valence-corrected chi connectivity index (χ4v) is 3.97. The highest BCUT2D eigenvalue weighted by atomic mass is 16.5. The van der Waals surface area contributed by atoms with E-state index in [1.807, 2.05) is 31.2 Å². The molecule has 0 aliphatic carbocycles. The standard InChI is InChI=1S/C24H26N2O5/c1-16-20-6-5-18(29-2)12-22(20)31-24(28)21(16)13-23(27)26(15-19-4-3-11-30-19)14-17-7-9-25-10-8-17/h5-10,12,19H,3-4,11,13-15H2,1-2H3. The van der Waals surface area contributed by atoms with Crippen LogP contribution in [-0.2, 0) is 22.5 Å². The zero-order chi connectivity index (χ0) is 21.8. The van der Waals surface area contributed by atoms with Crippen LogP contribution in [0.25, 0.3) is 11.0 Å². The molecule has 4 rings (SSSR count). The predicted molar refractivity (Wildman–Crippen MR) is 116 cm³/mol. The molecule has 0 spiro atoms. The van der Waals surface area contributed by atoms with Crippen molar-refractivity contribution in [1.82, 2.24) is 9.88 Å². The summed E-state index contributed by atoms with van der Waals surface area (Å²) in [5, 5.41) is 0.794. The number of carbonyl (C=O) groups excluding carboxylic acids is 1. The Bertz CT molecular complexity index is 1120. The highest BCUT2D eigenvalue weighted by Crippen LogP contribution is 2.25. The van der Waals surface area contributed by atoms with Gasteiger partial charge in [0.15, 0.2) is 0 Å². The van der Waals surface area contributed by atoms with Gasteiger partial charge in [0.2, 0.25) is 5.91 Å². The van der Waals surface area contributed by atoms with Crippen LogP contribution in [0, 0.1) is 6.92 Å². The number of carbonyl (C=O) groups is 1. The quantitative estimate of drug-likeness (QED) is 0.544. The molecule has 0 bridgehead atoms. The molecular weight excluding hydrogens is 396 g/mol. The van der Waals surface area contributed by atoms with Gasteiger partial charge in [0, 0.05) is 43.5 Å². The molecule has 3 heterocycles. The van der Waals surface area contributed by atoms with Gasteiger partial charge in [0.25, 0.3) is 0 Å². The van der Waals surface area contributed by atoms with Crippen LogP contribution in [0.15, 0.2) is 51.9 Å². The molecule has 0 radical (unpaired) electrons. The summed E-state index contributed by atoms with van der Waals surface area (Å²) < 4.78 is 16.5. The van der Waals surface area contributed by atoms with Crippen molar-refractivity contribution in [3.63, 3.8) is 0 Å². The monoisotopic (exact) mass is 422 g/mol. The van der Waals surface area contributed by atoms with Gasteiger partial charge in [0.1, 0.15) is 11.3 Å². The van der Waals surface area contributed by atoms with Crippen molar-refractivity contribution >= 4 is 16.9 Å². The van der Waals surface area contributed by atoms with E-state index in [2.05, 4.69) is 4.98 Å². The van der Waals surface area contributed by atoms with Gasteiger partial charge in [-0.1, -0.05) is 0 Å². The number of methoxy groups -OCH3 is 1. The first-order valence-corrected chi connectivity index (χ1v) is 10.4. The molecule has 0 N–H and O–H groups in total.